The lowest BCUT2D eigenvalue weighted by molar-refractivity contribution is 0.183. The molecule has 1 unspecified atom stereocenters. The molecule has 154 valence electrons. The molecular weight excluding hydrogens is 351 g/mol. The van der Waals surface area contributed by atoms with E-state index >= 15 is 0 Å². The Morgan fingerprint density at radius 2 is 1.50 bits per heavy atom. The zero-order valence-electron chi connectivity index (χ0n) is 17.5. The molecule has 0 aliphatic heterocycles. The van der Waals surface area contributed by atoms with E-state index in [1.54, 1.807) is 12.4 Å². The third-order valence-corrected chi connectivity index (χ3v) is 4.96. The predicted octanol–water partition coefficient (Wildman–Crippen LogP) is 6.95. The minimum Gasteiger partial charge on any atom is -0.487 e. The first kappa shape index (κ1) is 22.3. The van der Waals surface area contributed by atoms with Crippen LogP contribution in [0.3, 0.4) is 0 Å². The molecule has 1 aromatic heterocycles. The smallest absolute Gasteiger partial charge is 0.159 e. The van der Waals surface area contributed by atoms with Gasteiger partial charge < -0.3 is 4.74 Å². The highest BCUT2D eigenvalue weighted by molar-refractivity contribution is 5.55. The second kappa shape index (κ2) is 13.2. The van der Waals surface area contributed by atoms with Gasteiger partial charge in [0.05, 0.1) is 12.4 Å². The van der Waals surface area contributed by atoms with E-state index in [2.05, 4.69) is 48.1 Å². The number of ether oxygens (including phenoxy) is 1. The van der Waals surface area contributed by atoms with E-state index in [4.69, 9.17) is 4.74 Å². The zero-order chi connectivity index (χ0) is 20.0. The largest absolute Gasteiger partial charge is 0.487 e. The molecule has 28 heavy (non-hydrogen) atoms. The van der Waals surface area contributed by atoms with Crippen LogP contribution in [0, 0.1) is 0 Å². The number of benzene rings is 1. The number of alkyl halides is 1. The van der Waals surface area contributed by atoms with Crippen molar-refractivity contribution in [2.45, 2.75) is 84.2 Å². The topological polar surface area (TPSA) is 35.0 Å². The van der Waals surface area contributed by atoms with Crippen LogP contribution in [0.15, 0.2) is 36.7 Å². The Labute approximate surface area is 169 Å². The summed E-state index contributed by atoms with van der Waals surface area (Å²) >= 11 is 0. The van der Waals surface area contributed by atoms with E-state index < -0.39 is 6.17 Å². The van der Waals surface area contributed by atoms with Crippen LogP contribution in [-0.2, 0) is 6.42 Å². The van der Waals surface area contributed by atoms with E-state index in [1.807, 2.05) is 0 Å². The molecule has 4 heteroatoms. The van der Waals surface area contributed by atoms with Crippen molar-refractivity contribution in [2.24, 2.45) is 0 Å². The average molecular weight is 387 g/mol. The fourth-order valence-corrected chi connectivity index (χ4v) is 3.18. The van der Waals surface area contributed by atoms with Crippen molar-refractivity contribution in [1.29, 1.82) is 0 Å². The number of hydrogen-bond acceptors (Lipinski definition) is 3. The van der Waals surface area contributed by atoms with Crippen molar-refractivity contribution >= 4 is 0 Å². The highest BCUT2D eigenvalue weighted by Crippen LogP contribution is 2.19. The molecule has 2 rings (SSSR count). The Hall–Kier alpha value is -1.97. The molecule has 0 spiro atoms. The summed E-state index contributed by atoms with van der Waals surface area (Å²) in [6.45, 7) is 4.46. The standard InChI is InChI=1S/C24H35FN2O/c1-3-5-7-9-11-20-13-15-21(16-14-20)24-26-17-23(18-27-24)28-19-22(25)12-10-8-6-4-2/h13-18,22H,3-12,19H2,1-2H3. The third-order valence-electron chi connectivity index (χ3n) is 4.96. The van der Waals surface area contributed by atoms with Crippen LogP contribution in [0.5, 0.6) is 5.75 Å². The summed E-state index contributed by atoms with van der Waals surface area (Å²) in [5, 5.41) is 0. The molecule has 1 heterocycles. The van der Waals surface area contributed by atoms with Crippen molar-refractivity contribution in [3.63, 3.8) is 0 Å². The maximum atomic E-state index is 13.9. The number of aromatic nitrogens is 2. The Bertz CT molecular complexity index is 643. The average Bonchev–Trinajstić information content (AvgIpc) is 2.74. The molecule has 0 N–H and O–H groups in total. The molecule has 0 aliphatic carbocycles. The number of nitrogens with zero attached hydrogens (tertiary/aromatic N) is 2. The normalized spacial score (nSPS) is 12.1. The minimum absolute atomic E-state index is 0.0710. The molecule has 0 aliphatic rings. The van der Waals surface area contributed by atoms with Crippen molar-refractivity contribution < 1.29 is 9.13 Å². The van der Waals surface area contributed by atoms with E-state index in [-0.39, 0.29) is 6.61 Å². The van der Waals surface area contributed by atoms with E-state index in [0.717, 1.165) is 24.8 Å². The van der Waals surface area contributed by atoms with Crippen molar-refractivity contribution in [2.75, 3.05) is 6.61 Å². The SMILES string of the molecule is CCCCCCc1ccc(-c2ncc(OCC(F)CCCCCC)cn2)cc1. The summed E-state index contributed by atoms with van der Waals surface area (Å²) < 4.78 is 19.4. The second-order valence-corrected chi connectivity index (χ2v) is 7.51. The molecule has 0 radical (unpaired) electrons. The van der Waals surface area contributed by atoms with Crippen LogP contribution >= 0.6 is 0 Å². The Balaban J connectivity index is 1.77. The Kier molecular flexibility index (Phi) is 10.6. The van der Waals surface area contributed by atoms with Crippen LogP contribution in [0.4, 0.5) is 4.39 Å². The first-order valence-corrected chi connectivity index (χ1v) is 10.9. The monoisotopic (exact) mass is 386 g/mol. The van der Waals surface area contributed by atoms with Gasteiger partial charge in [-0.15, -0.1) is 0 Å². The fraction of sp³-hybridized carbons (Fsp3) is 0.583. The third kappa shape index (κ3) is 8.37. The number of halogens is 1. The van der Waals surface area contributed by atoms with Gasteiger partial charge in [-0.05, 0) is 24.8 Å². The first-order chi connectivity index (χ1) is 13.7. The summed E-state index contributed by atoms with van der Waals surface area (Å²) in [5.74, 6) is 1.19. The summed E-state index contributed by atoms with van der Waals surface area (Å²) in [6, 6.07) is 8.44. The number of hydrogen-bond donors (Lipinski definition) is 0. The van der Waals surface area contributed by atoms with Gasteiger partial charge in [-0.1, -0.05) is 83.1 Å². The maximum Gasteiger partial charge on any atom is 0.159 e. The van der Waals surface area contributed by atoms with Crippen LogP contribution in [0.1, 0.15) is 77.2 Å². The van der Waals surface area contributed by atoms with Gasteiger partial charge in [0.15, 0.2) is 11.6 Å². The molecule has 2 aromatic rings. The van der Waals surface area contributed by atoms with E-state index in [1.165, 1.54) is 44.1 Å². The van der Waals surface area contributed by atoms with Crippen LogP contribution in [0.2, 0.25) is 0 Å². The van der Waals surface area contributed by atoms with E-state index in [9.17, 15) is 4.39 Å². The molecule has 0 saturated heterocycles. The lowest BCUT2D eigenvalue weighted by atomic mass is 10.0. The quantitative estimate of drug-likeness (QED) is 0.329. The molecule has 0 amide bonds. The Morgan fingerprint density at radius 3 is 2.14 bits per heavy atom. The molecule has 0 bridgehead atoms. The van der Waals surface area contributed by atoms with Gasteiger partial charge in [0.25, 0.3) is 0 Å². The zero-order valence-corrected chi connectivity index (χ0v) is 17.5. The first-order valence-electron chi connectivity index (χ1n) is 10.9. The second-order valence-electron chi connectivity index (χ2n) is 7.51. The van der Waals surface area contributed by atoms with Crippen LogP contribution < -0.4 is 4.74 Å². The molecular formula is C24H35FN2O. The van der Waals surface area contributed by atoms with Crippen LogP contribution in [-0.4, -0.2) is 22.7 Å². The predicted molar refractivity (Wildman–Crippen MR) is 114 cm³/mol. The summed E-state index contributed by atoms with van der Waals surface area (Å²) in [6.07, 6.45) is 13.5. The maximum absolute atomic E-state index is 13.9. The molecule has 1 atom stereocenters. The number of unbranched alkanes of at least 4 members (excludes halogenated alkanes) is 6. The fourth-order valence-electron chi connectivity index (χ4n) is 3.18. The molecule has 1 aromatic carbocycles. The Morgan fingerprint density at radius 1 is 0.857 bits per heavy atom. The van der Waals surface area contributed by atoms with Gasteiger partial charge in [-0.25, -0.2) is 14.4 Å². The summed E-state index contributed by atoms with van der Waals surface area (Å²) in [5.41, 5.74) is 2.34. The van der Waals surface area contributed by atoms with Crippen molar-refractivity contribution in [3.05, 3.63) is 42.2 Å². The van der Waals surface area contributed by atoms with Gasteiger partial charge >= 0.3 is 0 Å². The minimum atomic E-state index is -0.929. The van der Waals surface area contributed by atoms with E-state index in [0.29, 0.717) is 18.0 Å². The van der Waals surface area contributed by atoms with Gasteiger partial charge in [0, 0.05) is 5.56 Å². The van der Waals surface area contributed by atoms with Crippen molar-refractivity contribution in [3.8, 4) is 17.1 Å². The summed E-state index contributed by atoms with van der Waals surface area (Å²) in [7, 11) is 0. The number of rotatable bonds is 14. The lowest BCUT2D eigenvalue weighted by Crippen LogP contribution is -2.13. The van der Waals surface area contributed by atoms with Gasteiger partial charge in [-0.2, -0.15) is 0 Å². The molecule has 3 nitrogen and oxygen atoms in total. The highest BCUT2D eigenvalue weighted by Gasteiger charge is 2.08. The highest BCUT2D eigenvalue weighted by atomic mass is 19.1. The molecule has 0 saturated carbocycles. The van der Waals surface area contributed by atoms with Gasteiger partial charge in [0.2, 0.25) is 0 Å². The molecule has 0 fully saturated rings. The summed E-state index contributed by atoms with van der Waals surface area (Å²) in [4.78, 5) is 8.74. The van der Waals surface area contributed by atoms with Gasteiger partial charge in [0.1, 0.15) is 12.8 Å². The van der Waals surface area contributed by atoms with Gasteiger partial charge in [-0.3, -0.25) is 0 Å². The number of aryl methyl sites for hydroxylation is 1. The van der Waals surface area contributed by atoms with Crippen molar-refractivity contribution in [1.82, 2.24) is 9.97 Å². The lowest BCUT2D eigenvalue weighted by Gasteiger charge is -2.10. The van der Waals surface area contributed by atoms with Crippen LogP contribution in [0.25, 0.3) is 11.4 Å².